The second-order valence-electron chi connectivity index (χ2n) is 4.64. The minimum absolute atomic E-state index is 0.0526. The molecule has 0 spiro atoms. The molecule has 0 aliphatic heterocycles. The third-order valence-corrected chi connectivity index (χ3v) is 2.37. The number of nitrogens with one attached hydrogen (secondary N) is 2. The van der Waals surface area contributed by atoms with Crippen molar-refractivity contribution in [3.8, 4) is 0 Å². The Hall–Kier alpha value is -1.61. The van der Waals surface area contributed by atoms with Crippen molar-refractivity contribution in [1.29, 1.82) is 0 Å². The summed E-state index contributed by atoms with van der Waals surface area (Å²) in [4.78, 5) is 11.4. The van der Waals surface area contributed by atoms with Crippen LogP contribution in [-0.4, -0.2) is 25.5 Å². The quantitative estimate of drug-likeness (QED) is 0.723. The Morgan fingerprint density at radius 1 is 1.28 bits per heavy atom. The predicted octanol–water partition coefficient (Wildman–Crippen LogP) is 2.06. The molecule has 0 aromatic heterocycles. The zero-order chi connectivity index (χ0) is 13.2. The van der Waals surface area contributed by atoms with E-state index < -0.39 is 0 Å². The molecule has 0 unspecified atom stereocenters. The minimum atomic E-state index is 0.0526. The lowest BCUT2D eigenvalue weighted by Crippen LogP contribution is -2.35. The Morgan fingerprint density at radius 3 is 2.67 bits per heavy atom. The van der Waals surface area contributed by atoms with Crippen LogP contribution in [0, 0.1) is 5.92 Å². The number of benzene rings is 1. The van der Waals surface area contributed by atoms with Gasteiger partial charge in [-0.25, -0.2) is 0 Å². The smallest absolute Gasteiger partial charge is 0.233 e. The van der Waals surface area contributed by atoms with Gasteiger partial charge < -0.3 is 10.6 Å². The van der Waals surface area contributed by atoms with Crippen LogP contribution in [0.5, 0.6) is 0 Å². The topological polar surface area (TPSA) is 41.1 Å². The maximum Gasteiger partial charge on any atom is 0.233 e. The molecule has 1 rings (SSSR count). The summed E-state index contributed by atoms with van der Waals surface area (Å²) in [6.07, 6.45) is 4.06. The molecule has 0 bridgehead atoms. The lowest BCUT2D eigenvalue weighted by Gasteiger charge is -2.07. The fourth-order valence-corrected chi connectivity index (χ4v) is 1.41. The van der Waals surface area contributed by atoms with Gasteiger partial charge in [0, 0.05) is 13.1 Å². The molecule has 0 fully saturated rings. The summed E-state index contributed by atoms with van der Waals surface area (Å²) in [7, 11) is 0. The zero-order valence-corrected chi connectivity index (χ0v) is 11.1. The van der Waals surface area contributed by atoms with E-state index in [1.807, 2.05) is 42.5 Å². The largest absolute Gasteiger partial charge is 0.355 e. The zero-order valence-electron chi connectivity index (χ0n) is 11.1. The van der Waals surface area contributed by atoms with Crippen LogP contribution in [0.4, 0.5) is 0 Å². The van der Waals surface area contributed by atoms with Crippen molar-refractivity contribution < 1.29 is 4.79 Å². The van der Waals surface area contributed by atoms with Crippen LogP contribution in [0.2, 0.25) is 0 Å². The van der Waals surface area contributed by atoms with Crippen LogP contribution in [0.15, 0.2) is 36.4 Å². The van der Waals surface area contributed by atoms with Crippen LogP contribution in [0.3, 0.4) is 0 Å². The van der Waals surface area contributed by atoms with Crippen molar-refractivity contribution >= 4 is 12.0 Å². The molecule has 3 heteroatoms. The van der Waals surface area contributed by atoms with E-state index >= 15 is 0 Å². The third-order valence-electron chi connectivity index (χ3n) is 2.37. The monoisotopic (exact) mass is 246 g/mol. The summed E-state index contributed by atoms with van der Waals surface area (Å²) in [5.74, 6) is 0.545. The molecule has 3 nitrogen and oxygen atoms in total. The highest BCUT2D eigenvalue weighted by atomic mass is 16.1. The van der Waals surface area contributed by atoms with E-state index in [1.165, 1.54) is 5.56 Å². The molecule has 0 aliphatic rings. The second-order valence-corrected chi connectivity index (χ2v) is 4.64. The molecule has 1 amide bonds. The first-order valence-electron chi connectivity index (χ1n) is 6.37. The van der Waals surface area contributed by atoms with E-state index in [9.17, 15) is 4.79 Å². The second kappa shape index (κ2) is 8.48. The maximum atomic E-state index is 11.4. The van der Waals surface area contributed by atoms with Crippen molar-refractivity contribution in [3.05, 3.63) is 42.0 Å². The maximum absolute atomic E-state index is 11.4. The number of rotatable bonds is 7. The summed E-state index contributed by atoms with van der Waals surface area (Å²) in [6.45, 7) is 5.96. The van der Waals surface area contributed by atoms with Crippen LogP contribution < -0.4 is 10.6 Å². The van der Waals surface area contributed by atoms with Gasteiger partial charge in [-0.2, -0.15) is 0 Å². The van der Waals surface area contributed by atoms with Gasteiger partial charge in [0.1, 0.15) is 0 Å². The number of carbonyl (C=O) groups is 1. The standard InChI is InChI=1S/C15H22N2O/c1-13(2)11-17-15(18)12-16-10-6-9-14-7-4-3-5-8-14/h3-9,13,16H,10-12H2,1-2H3,(H,17,18)/b9-6+. The number of amides is 1. The highest BCUT2D eigenvalue weighted by molar-refractivity contribution is 5.77. The van der Waals surface area contributed by atoms with Gasteiger partial charge >= 0.3 is 0 Å². The molecule has 1 aromatic carbocycles. The summed E-state index contributed by atoms with van der Waals surface area (Å²) in [5, 5.41) is 5.95. The number of hydrogen-bond donors (Lipinski definition) is 2. The first kappa shape index (κ1) is 14.5. The van der Waals surface area contributed by atoms with E-state index in [4.69, 9.17) is 0 Å². The molecule has 0 heterocycles. The van der Waals surface area contributed by atoms with E-state index in [0.717, 1.165) is 6.54 Å². The van der Waals surface area contributed by atoms with Gasteiger partial charge in [-0.05, 0) is 11.5 Å². The van der Waals surface area contributed by atoms with Gasteiger partial charge in [-0.3, -0.25) is 4.79 Å². The third kappa shape index (κ3) is 6.86. The lowest BCUT2D eigenvalue weighted by molar-refractivity contribution is -0.120. The summed E-state index contributed by atoms with van der Waals surface area (Å²) < 4.78 is 0. The fraction of sp³-hybridized carbons (Fsp3) is 0.400. The average molecular weight is 246 g/mol. The molecule has 1 aromatic rings. The average Bonchev–Trinajstić information content (AvgIpc) is 2.37. The lowest BCUT2D eigenvalue weighted by atomic mass is 10.2. The van der Waals surface area contributed by atoms with Crippen LogP contribution in [-0.2, 0) is 4.79 Å². The molecule has 2 N–H and O–H groups in total. The highest BCUT2D eigenvalue weighted by Crippen LogP contribution is 1.99. The number of hydrogen-bond acceptors (Lipinski definition) is 2. The Labute approximate surface area is 109 Å². The minimum Gasteiger partial charge on any atom is -0.355 e. The Balaban J connectivity index is 2.11. The van der Waals surface area contributed by atoms with Gasteiger partial charge in [0.15, 0.2) is 0 Å². The molecule has 0 saturated carbocycles. The first-order valence-corrected chi connectivity index (χ1v) is 6.37. The Morgan fingerprint density at radius 2 is 2.00 bits per heavy atom. The van der Waals surface area contributed by atoms with E-state index in [-0.39, 0.29) is 5.91 Å². The van der Waals surface area contributed by atoms with Crippen LogP contribution in [0.1, 0.15) is 19.4 Å². The van der Waals surface area contributed by atoms with Gasteiger partial charge in [0.2, 0.25) is 5.91 Å². The molecular weight excluding hydrogens is 224 g/mol. The van der Waals surface area contributed by atoms with Crippen molar-refractivity contribution in [2.45, 2.75) is 13.8 Å². The van der Waals surface area contributed by atoms with Crippen molar-refractivity contribution in [2.24, 2.45) is 5.92 Å². The molecule has 0 saturated heterocycles. The summed E-state index contributed by atoms with van der Waals surface area (Å²) in [5.41, 5.74) is 1.17. The van der Waals surface area contributed by atoms with Crippen molar-refractivity contribution in [3.63, 3.8) is 0 Å². The molecule has 0 atom stereocenters. The first-order chi connectivity index (χ1) is 8.68. The van der Waals surface area contributed by atoms with Gasteiger partial charge in [0.25, 0.3) is 0 Å². The van der Waals surface area contributed by atoms with E-state index in [2.05, 4.69) is 24.5 Å². The van der Waals surface area contributed by atoms with Crippen LogP contribution >= 0.6 is 0 Å². The molecule has 0 radical (unpaired) electrons. The van der Waals surface area contributed by atoms with Crippen molar-refractivity contribution in [1.82, 2.24) is 10.6 Å². The number of carbonyl (C=O) groups excluding carboxylic acids is 1. The Kier molecular flexibility index (Phi) is 6.81. The van der Waals surface area contributed by atoms with Crippen LogP contribution in [0.25, 0.3) is 6.08 Å². The predicted molar refractivity (Wildman–Crippen MR) is 76.2 cm³/mol. The highest BCUT2D eigenvalue weighted by Gasteiger charge is 1.99. The van der Waals surface area contributed by atoms with E-state index in [0.29, 0.717) is 19.0 Å². The normalized spacial score (nSPS) is 11.1. The van der Waals surface area contributed by atoms with E-state index in [1.54, 1.807) is 0 Å². The van der Waals surface area contributed by atoms with Gasteiger partial charge in [-0.1, -0.05) is 56.3 Å². The van der Waals surface area contributed by atoms with Crippen molar-refractivity contribution in [2.75, 3.05) is 19.6 Å². The summed E-state index contributed by atoms with van der Waals surface area (Å²) in [6, 6.07) is 10.1. The SMILES string of the molecule is CC(C)CNC(=O)CNC/C=C/c1ccccc1. The Bertz CT molecular complexity index is 371. The molecule has 98 valence electrons. The molecular formula is C15H22N2O. The fourth-order valence-electron chi connectivity index (χ4n) is 1.41. The molecule has 0 aliphatic carbocycles. The summed E-state index contributed by atoms with van der Waals surface area (Å²) >= 11 is 0. The van der Waals surface area contributed by atoms with Gasteiger partial charge in [-0.15, -0.1) is 0 Å². The molecule has 18 heavy (non-hydrogen) atoms. The van der Waals surface area contributed by atoms with Gasteiger partial charge in [0.05, 0.1) is 6.54 Å².